The molecule has 0 bridgehead atoms. The smallest absolute Gasteiger partial charge is 0.408 e. The molecule has 3 aromatic rings. The van der Waals surface area contributed by atoms with E-state index in [9.17, 15) is 19.5 Å². The number of anilines is 1. The molecule has 0 heterocycles. The van der Waals surface area contributed by atoms with Gasteiger partial charge in [0, 0.05) is 11.7 Å². The number of rotatable bonds is 7. The van der Waals surface area contributed by atoms with Crippen molar-refractivity contribution in [2.45, 2.75) is 70.7 Å². The minimum atomic E-state index is -1.02. The number of benzene rings is 3. The first-order valence-corrected chi connectivity index (χ1v) is 12.9. The molecule has 1 aliphatic carbocycles. The van der Waals surface area contributed by atoms with Crippen molar-refractivity contribution in [3.8, 4) is 5.75 Å². The zero-order chi connectivity index (χ0) is 27.4. The molecule has 0 saturated heterocycles. The van der Waals surface area contributed by atoms with Gasteiger partial charge in [-0.05, 0) is 87.6 Å². The largest absolute Gasteiger partial charge is 0.508 e. The number of ether oxygens (including phenoxy) is 1. The van der Waals surface area contributed by atoms with E-state index in [4.69, 9.17) is 4.74 Å². The summed E-state index contributed by atoms with van der Waals surface area (Å²) in [6.45, 7) is 6.82. The Bertz CT molecular complexity index is 1330. The molecule has 3 amide bonds. The van der Waals surface area contributed by atoms with Gasteiger partial charge in [0.2, 0.25) is 5.91 Å². The van der Waals surface area contributed by atoms with Crippen molar-refractivity contribution in [2.75, 3.05) is 5.32 Å². The normalized spacial score (nSPS) is 15.2. The first-order chi connectivity index (χ1) is 18.0. The Morgan fingerprint density at radius 3 is 2.32 bits per heavy atom. The van der Waals surface area contributed by atoms with Crippen LogP contribution in [0.25, 0.3) is 10.8 Å². The van der Waals surface area contributed by atoms with Crippen LogP contribution in [0.4, 0.5) is 10.5 Å². The van der Waals surface area contributed by atoms with E-state index < -0.39 is 35.6 Å². The summed E-state index contributed by atoms with van der Waals surface area (Å²) in [5.41, 5.74) is 0.359. The van der Waals surface area contributed by atoms with Gasteiger partial charge in [-0.2, -0.15) is 0 Å². The van der Waals surface area contributed by atoms with Crippen LogP contribution in [-0.4, -0.2) is 45.6 Å². The highest BCUT2D eigenvalue weighted by Crippen LogP contribution is 2.35. The maximum Gasteiger partial charge on any atom is 0.408 e. The third-order valence-corrected chi connectivity index (χ3v) is 6.56. The molecule has 3 N–H and O–H groups in total. The number of fused-ring (bicyclic) bond motifs is 1. The molecule has 0 aromatic heterocycles. The molecular formula is C30H35N3O5. The van der Waals surface area contributed by atoms with E-state index in [1.165, 1.54) is 12.1 Å². The first kappa shape index (κ1) is 27.0. The van der Waals surface area contributed by atoms with Crippen molar-refractivity contribution in [1.82, 2.24) is 10.2 Å². The lowest BCUT2D eigenvalue weighted by Crippen LogP contribution is -2.56. The Morgan fingerprint density at radius 1 is 0.974 bits per heavy atom. The van der Waals surface area contributed by atoms with Gasteiger partial charge in [-0.15, -0.1) is 0 Å². The highest BCUT2D eigenvalue weighted by Gasteiger charge is 2.41. The molecule has 1 saturated carbocycles. The number of phenolic OH excluding ortho intramolecular Hbond substituents is 1. The summed E-state index contributed by atoms with van der Waals surface area (Å²) in [5, 5.41) is 17.8. The number of phenols is 1. The highest BCUT2D eigenvalue weighted by atomic mass is 16.6. The zero-order valence-corrected chi connectivity index (χ0v) is 22.2. The molecule has 1 aliphatic rings. The quantitative estimate of drug-likeness (QED) is 0.383. The maximum absolute atomic E-state index is 13.9. The summed E-state index contributed by atoms with van der Waals surface area (Å²) >= 11 is 0. The van der Waals surface area contributed by atoms with Crippen LogP contribution in [0.15, 0.2) is 66.7 Å². The molecule has 200 valence electrons. The molecule has 2 atom stereocenters. The number of amides is 3. The topological polar surface area (TPSA) is 108 Å². The predicted molar refractivity (Wildman–Crippen MR) is 147 cm³/mol. The van der Waals surface area contributed by atoms with Crippen LogP contribution in [0.2, 0.25) is 0 Å². The molecule has 1 fully saturated rings. The van der Waals surface area contributed by atoms with Crippen molar-refractivity contribution in [1.29, 1.82) is 0 Å². The summed E-state index contributed by atoms with van der Waals surface area (Å²) in [4.78, 5) is 41.7. The van der Waals surface area contributed by atoms with Crippen LogP contribution < -0.4 is 10.6 Å². The summed E-state index contributed by atoms with van der Waals surface area (Å²) in [7, 11) is 0. The van der Waals surface area contributed by atoms with Gasteiger partial charge < -0.3 is 25.4 Å². The lowest BCUT2D eigenvalue weighted by molar-refractivity contribution is -0.145. The van der Waals surface area contributed by atoms with E-state index in [1.807, 2.05) is 42.5 Å². The average Bonchev–Trinajstić information content (AvgIpc) is 2.80. The van der Waals surface area contributed by atoms with Crippen LogP contribution in [0.1, 0.15) is 58.6 Å². The first-order valence-electron chi connectivity index (χ1n) is 12.9. The van der Waals surface area contributed by atoms with Crippen LogP contribution in [-0.2, 0) is 14.3 Å². The van der Waals surface area contributed by atoms with E-state index in [2.05, 4.69) is 10.6 Å². The number of alkyl carbamates (subject to hydrolysis) is 1. The van der Waals surface area contributed by atoms with E-state index in [0.29, 0.717) is 11.3 Å². The van der Waals surface area contributed by atoms with Crippen molar-refractivity contribution < 1.29 is 24.2 Å². The molecule has 4 rings (SSSR count). The number of hydrogen-bond donors (Lipinski definition) is 3. The van der Waals surface area contributed by atoms with Gasteiger partial charge in [0.25, 0.3) is 5.91 Å². The van der Waals surface area contributed by atoms with Gasteiger partial charge in [-0.25, -0.2) is 4.79 Å². The van der Waals surface area contributed by atoms with Gasteiger partial charge >= 0.3 is 6.09 Å². The fraction of sp³-hybridized carbons (Fsp3) is 0.367. The van der Waals surface area contributed by atoms with Crippen molar-refractivity contribution in [3.05, 3.63) is 72.3 Å². The Hall–Kier alpha value is -4.07. The van der Waals surface area contributed by atoms with Gasteiger partial charge in [-0.3, -0.25) is 9.59 Å². The minimum absolute atomic E-state index is 0.00746. The standard InChI is InChI=1S/C30H35N3O5/c1-19(31-29(37)38-30(2,3)4)28(36)33(24-12-8-13-24)26(22-11-7-14-25(34)18-22)27(35)32-23-16-15-20-9-5-6-10-21(20)17-23/h5-7,9-11,14-19,24,26,34H,8,12-13H2,1-4H3,(H,31,37)(H,32,35). The van der Waals surface area contributed by atoms with Gasteiger partial charge in [0.05, 0.1) is 0 Å². The second kappa shape index (κ2) is 11.1. The molecular weight excluding hydrogens is 482 g/mol. The lowest BCUT2D eigenvalue weighted by atomic mass is 9.88. The minimum Gasteiger partial charge on any atom is -0.508 e. The molecule has 0 aliphatic heterocycles. The van der Waals surface area contributed by atoms with E-state index >= 15 is 0 Å². The molecule has 8 nitrogen and oxygen atoms in total. The molecule has 2 unspecified atom stereocenters. The lowest BCUT2D eigenvalue weighted by Gasteiger charge is -2.43. The zero-order valence-electron chi connectivity index (χ0n) is 22.2. The van der Waals surface area contributed by atoms with Gasteiger partial charge in [0.1, 0.15) is 23.4 Å². The molecule has 3 aromatic carbocycles. The van der Waals surface area contributed by atoms with Crippen molar-refractivity contribution >= 4 is 34.4 Å². The van der Waals surface area contributed by atoms with E-state index in [0.717, 1.165) is 30.0 Å². The molecule has 0 spiro atoms. The SMILES string of the molecule is CC(NC(=O)OC(C)(C)C)C(=O)N(C1CCC1)C(C(=O)Nc1ccc2ccccc2c1)c1cccc(O)c1. The Balaban J connectivity index is 1.66. The molecule has 8 heteroatoms. The fourth-order valence-electron chi connectivity index (χ4n) is 4.56. The van der Waals surface area contributed by atoms with E-state index in [1.54, 1.807) is 44.7 Å². The third kappa shape index (κ3) is 6.43. The van der Waals surface area contributed by atoms with Crippen molar-refractivity contribution in [2.24, 2.45) is 0 Å². The van der Waals surface area contributed by atoms with E-state index in [-0.39, 0.29) is 11.8 Å². The van der Waals surface area contributed by atoms with Crippen LogP contribution in [0, 0.1) is 0 Å². The summed E-state index contributed by atoms with van der Waals surface area (Å²) < 4.78 is 5.33. The summed E-state index contributed by atoms with van der Waals surface area (Å²) in [5.74, 6) is -0.815. The number of nitrogens with zero attached hydrogens (tertiary/aromatic N) is 1. The van der Waals surface area contributed by atoms with Crippen LogP contribution >= 0.6 is 0 Å². The Kier molecular flexibility index (Phi) is 7.90. The number of aromatic hydroxyl groups is 1. The second-order valence-corrected chi connectivity index (χ2v) is 10.7. The maximum atomic E-state index is 13.9. The predicted octanol–water partition coefficient (Wildman–Crippen LogP) is 5.52. The van der Waals surface area contributed by atoms with Gasteiger partial charge in [-0.1, -0.05) is 42.5 Å². The summed E-state index contributed by atoms with van der Waals surface area (Å²) in [6.07, 6.45) is 1.70. The summed E-state index contributed by atoms with van der Waals surface area (Å²) in [6, 6.07) is 17.7. The number of hydrogen-bond acceptors (Lipinski definition) is 5. The van der Waals surface area contributed by atoms with Gasteiger partial charge in [0.15, 0.2) is 0 Å². The number of nitrogens with one attached hydrogen (secondary N) is 2. The third-order valence-electron chi connectivity index (χ3n) is 6.56. The number of carbonyl (C=O) groups is 3. The monoisotopic (exact) mass is 517 g/mol. The molecule has 0 radical (unpaired) electrons. The average molecular weight is 518 g/mol. The highest BCUT2D eigenvalue weighted by molar-refractivity contribution is 6.00. The second-order valence-electron chi connectivity index (χ2n) is 10.7. The van der Waals surface area contributed by atoms with Crippen LogP contribution in [0.3, 0.4) is 0 Å². The number of carbonyl (C=O) groups excluding carboxylic acids is 3. The van der Waals surface area contributed by atoms with Crippen molar-refractivity contribution in [3.63, 3.8) is 0 Å². The van der Waals surface area contributed by atoms with Crippen LogP contribution in [0.5, 0.6) is 5.75 Å². The Morgan fingerprint density at radius 2 is 1.68 bits per heavy atom. The molecule has 38 heavy (non-hydrogen) atoms. The Labute approximate surface area is 223 Å². The fourth-order valence-corrected chi connectivity index (χ4v) is 4.56.